The summed E-state index contributed by atoms with van der Waals surface area (Å²) in [6.45, 7) is 2.01. The molecule has 0 unspecified atom stereocenters. The molecule has 1 fully saturated rings. The summed E-state index contributed by atoms with van der Waals surface area (Å²) < 4.78 is 10.4. The van der Waals surface area contributed by atoms with E-state index in [2.05, 4.69) is 10.6 Å². The number of hydrogen-bond donors (Lipinski definition) is 2. The van der Waals surface area contributed by atoms with Crippen LogP contribution in [0.2, 0.25) is 0 Å². The first-order valence-electron chi connectivity index (χ1n) is 6.95. The van der Waals surface area contributed by atoms with E-state index in [1.807, 2.05) is 6.07 Å². The largest absolute Gasteiger partial charge is 0.497 e. The lowest BCUT2D eigenvalue weighted by Crippen LogP contribution is -2.30. The SMILES string of the molecule is COc1ccc(NC(=O)CC2CCNCC2)c(OC)c1. The number of anilines is 1. The number of piperidine rings is 1. The van der Waals surface area contributed by atoms with Gasteiger partial charge in [0.2, 0.25) is 5.91 Å². The number of carbonyl (C=O) groups excluding carboxylic acids is 1. The second-order valence-corrected chi connectivity index (χ2v) is 5.01. The van der Waals surface area contributed by atoms with Crippen LogP contribution < -0.4 is 20.1 Å². The fraction of sp³-hybridized carbons (Fsp3) is 0.533. The van der Waals surface area contributed by atoms with E-state index in [0.29, 0.717) is 29.5 Å². The second kappa shape index (κ2) is 7.14. The Balaban J connectivity index is 1.96. The summed E-state index contributed by atoms with van der Waals surface area (Å²) in [6, 6.07) is 5.38. The van der Waals surface area contributed by atoms with Gasteiger partial charge in [-0.3, -0.25) is 4.79 Å². The van der Waals surface area contributed by atoms with Crippen LogP contribution in [0.25, 0.3) is 0 Å². The third kappa shape index (κ3) is 3.87. The number of hydrogen-bond acceptors (Lipinski definition) is 4. The highest BCUT2D eigenvalue weighted by molar-refractivity contribution is 5.92. The van der Waals surface area contributed by atoms with Gasteiger partial charge in [-0.2, -0.15) is 0 Å². The van der Waals surface area contributed by atoms with Crippen LogP contribution in [0, 0.1) is 5.92 Å². The number of nitrogens with one attached hydrogen (secondary N) is 2. The Kier molecular flexibility index (Phi) is 5.24. The van der Waals surface area contributed by atoms with Gasteiger partial charge in [-0.15, -0.1) is 0 Å². The van der Waals surface area contributed by atoms with E-state index in [0.717, 1.165) is 25.9 Å². The molecule has 0 bridgehead atoms. The van der Waals surface area contributed by atoms with Crippen LogP contribution in [0.4, 0.5) is 5.69 Å². The van der Waals surface area contributed by atoms with E-state index < -0.39 is 0 Å². The van der Waals surface area contributed by atoms with Crippen LogP contribution in [-0.2, 0) is 4.79 Å². The van der Waals surface area contributed by atoms with Gasteiger partial charge in [-0.25, -0.2) is 0 Å². The summed E-state index contributed by atoms with van der Waals surface area (Å²) in [5.74, 6) is 1.84. The van der Waals surface area contributed by atoms with Crippen LogP contribution in [0.1, 0.15) is 19.3 Å². The summed E-state index contributed by atoms with van der Waals surface area (Å²) in [5, 5.41) is 6.22. The monoisotopic (exact) mass is 278 g/mol. The van der Waals surface area contributed by atoms with E-state index in [1.165, 1.54) is 0 Å². The fourth-order valence-corrected chi connectivity index (χ4v) is 2.45. The van der Waals surface area contributed by atoms with Crippen molar-refractivity contribution >= 4 is 11.6 Å². The molecular weight excluding hydrogens is 256 g/mol. The third-order valence-corrected chi connectivity index (χ3v) is 3.62. The molecule has 5 nitrogen and oxygen atoms in total. The molecule has 1 aromatic carbocycles. The maximum atomic E-state index is 12.1. The first-order chi connectivity index (χ1) is 9.72. The zero-order chi connectivity index (χ0) is 14.4. The highest BCUT2D eigenvalue weighted by atomic mass is 16.5. The lowest BCUT2D eigenvalue weighted by Gasteiger charge is -2.22. The lowest BCUT2D eigenvalue weighted by molar-refractivity contribution is -0.117. The van der Waals surface area contributed by atoms with Gasteiger partial charge in [0, 0.05) is 12.5 Å². The molecule has 2 rings (SSSR count). The molecule has 0 radical (unpaired) electrons. The van der Waals surface area contributed by atoms with Crippen LogP contribution in [-0.4, -0.2) is 33.2 Å². The van der Waals surface area contributed by atoms with Crippen molar-refractivity contribution in [2.75, 3.05) is 32.6 Å². The Hall–Kier alpha value is -1.75. The van der Waals surface area contributed by atoms with Crippen LogP contribution >= 0.6 is 0 Å². The molecular formula is C15H22N2O3. The Morgan fingerprint density at radius 3 is 2.70 bits per heavy atom. The molecule has 0 spiro atoms. The van der Waals surface area contributed by atoms with Gasteiger partial charge in [-0.05, 0) is 44.0 Å². The lowest BCUT2D eigenvalue weighted by atomic mass is 9.94. The fourth-order valence-electron chi connectivity index (χ4n) is 2.45. The minimum absolute atomic E-state index is 0.0420. The predicted octanol–water partition coefficient (Wildman–Crippen LogP) is 2.03. The van der Waals surface area contributed by atoms with Crippen molar-refractivity contribution in [3.8, 4) is 11.5 Å². The first-order valence-corrected chi connectivity index (χ1v) is 6.95. The minimum Gasteiger partial charge on any atom is -0.497 e. The summed E-state index contributed by atoms with van der Waals surface area (Å²) in [6.07, 6.45) is 2.69. The van der Waals surface area contributed by atoms with Gasteiger partial charge < -0.3 is 20.1 Å². The standard InChI is InChI=1S/C15H22N2O3/c1-19-12-3-4-13(14(10-12)20-2)17-15(18)9-11-5-7-16-8-6-11/h3-4,10-11,16H,5-9H2,1-2H3,(H,17,18). The molecule has 110 valence electrons. The minimum atomic E-state index is 0.0420. The highest BCUT2D eigenvalue weighted by Crippen LogP contribution is 2.29. The number of rotatable bonds is 5. The van der Waals surface area contributed by atoms with Crippen molar-refractivity contribution in [2.45, 2.75) is 19.3 Å². The third-order valence-electron chi connectivity index (χ3n) is 3.62. The molecule has 1 amide bonds. The van der Waals surface area contributed by atoms with Crippen LogP contribution in [0.15, 0.2) is 18.2 Å². The average molecular weight is 278 g/mol. The highest BCUT2D eigenvalue weighted by Gasteiger charge is 2.17. The average Bonchev–Trinajstić information content (AvgIpc) is 2.48. The summed E-state index contributed by atoms with van der Waals surface area (Å²) in [5.41, 5.74) is 0.687. The molecule has 1 saturated heterocycles. The molecule has 20 heavy (non-hydrogen) atoms. The number of carbonyl (C=O) groups is 1. The molecule has 0 aromatic heterocycles. The Morgan fingerprint density at radius 2 is 2.05 bits per heavy atom. The zero-order valence-electron chi connectivity index (χ0n) is 12.1. The summed E-state index contributed by atoms with van der Waals surface area (Å²) in [4.78, 5) is 12.1. The molecule has 1 aliphatic heterocycles. The topological polar surface area (TPSA) is 59.6 Å². The number of benzene rings is 1. The van der Waals surface area contributed by atoms with Crippen molar-refractivity contribution in [2.24, 2.45) is 5.92 Å². The van der Waals surface area contributed by atoms with Crippen molar-refractivity contribution < 1.29 is 14.3 Å². The van der Waals surface area contributed by atoms with E-state index in [1.54, 1.807) is 26.4 Å². The van der Waals surface area contributed by atoms with Gasteiger partial charge in [-0.1, -0.05) is 0 Å². The van der Waals surface area contributed by atoms with E-state index in [-0.39, 0.29) is 5.91 Å². The van der Waals surface area contributed by atoms with Crippen molar-refractivity contribution in [1.82, 2.24) is 5.32 Å². The van der Waals surface area contributed by atoms with Gasteiger partial charge in [0.25, 0.3) is 0 Å². The van der Waals surface area contributed by atoms with Crippen LogP contribution in [0.3, 0.4) is 0 Å². The van der Waals surface area contributed by atoms with E-state index >= 15 is 0 Å². The van der Waals surface area contributed by atoms with Crippen molar-refractivity contribution in [3.05, 3.63) is 18.2 Å². The Morgan fingerprint density at radius 1 is 1.30 bits per heavy atom. The smallest absolute Gasteiger partial charge is 0.224 e. The maximum absolute atomic E-state index is 12.1. The molecule has 0 atom stereocenters. The molecule has 0 saturated carbocycles. The van der Waals surface area contributed by atoms with Crippen LogP contribution in [0.5, 0.6) is 11.5 Å². The molecule has 1 aliphatic rings. The molecule has 1 heterocycles. The van der Waals surface area contributed by atoms with Gasteiger partial charge in [0.1, 0.15) is 11.5 Å². The summed E-state index contributed by atoms with van der Waals surface area (Å²) >= 11 is 0. The number of methoxy groups -OCH3 is 2. The zero-order valence-corrected chi connectivity index (χ0v) is 12.1. The number of ether oxygens (including phenoxy) is 2. The molecule has 0 aliphatic carbocycles. The summed E-state index contributed by atoms with van der Waals surface area (Å²) in [7, 11) is 3.18. The van der Waals surface area contributed by atoms with E-state index in [4.69, 9.17) is 9.47 Å². The normalized spacial score (nSPS) is 15.7. The number of amides is 1. The first kappa shape index (κ1) is 14.7. The maximum Gasteiger partial charge on any atom is 0.224 e. The molecule has 2 N–H and O–H groups in total. The van der Waals surface area contributed by atoms with Gasteiger partial charge >= 0.3 is 0 Å². The van der Waals surface area contributed by atoms with Crippen molar-refractivity contribution in [3.63, 3.8) is 0 Å². The quantitative estimate of drug-likeness (QED) is 0.865. The van der Waals surface area contributed by atoms with Gasteiger partial charge in [0.15, 0.2) is 0 Å². The Labute approximate surface area is 119 Å². The predicted molar refractivity (Wildman–Crippen MR) is 78.4 cm³/mol. The van der Waals surface area contributed by atoms with Gasteiger partial charge in [0.05, 0.1) is 19.9 Å². The molecule has 5 heteroatoms. The van der Waals surface area contributed by atoms with Crippen molar-refractivity contribution in [1.29, 1.82) is 0 Å². The van der Waals surface area contributed by atoms with E-state index in [9.17, 15) is 4.79 Å². The second-order valence-electron chi connectivity index (χ2n) is 5.01. The molecule has 1 aromatic rings. The Bertz CT molecular complexity index is 456.